The van der Waals surface area contributed by atoms with Gasteiger partial charge in [-0.25, -0.2) is 0 Å². The molecule has 1 aromatic carbocycles. The second kappa shape index (κ2) is 5.36. The van der Waals surface area contributed by atoms with Gasteiger partial charge in [0.2, 0.25) is 0 Å². The van der Waals surface area contributed by atoms with Gasteiger partial charge in [-0.3, -0.25) is 14.5 Å². The van der Waals surface area contributed by atoms with Crippen LogP contribution in [0.15, 0.2) is 48.8 Å². The zero-order valence-corrected chi connectivity index (χ0v) is 11.9. The van der Waals surface area contributed by atoms with Gasteiger partial charge in [0.05, 0.1) is 11.2 Å². The van der Waals surface area contributed by atoms with Crippen molar-refractivity contribution in [3.63, 3.8) is 0 Å². The summed E-state index contributed by atoms with van der Waals surface area (Å²) in [7, 11) is 0. The number of amides is 1. The molecule has 1 amide bonds. The SMILES string of the molecule is CC(C)n1nccc1C(=O)Nc1cccc2ncccc12. The second-order valence-corrected chi connectivity index (χ2v) is 5.08. The first-order chi connectivity index (χ1) is 10.2. The number of carbonyl (C=O) groups is 1. The maximum absolute atomic E-state index is 12.5. The van der Waals surface area contributed by atoms with Gasteiger partial charge in [-0.15, -0.1) is 0 Å². The summed E-state index contributed by atoms with van der Waals surface area (Å²) in [6.45, 7) is 3.98. The fraction of sp³-hybridized carbons (Fsp3) is 0.188. The molecule has 2 aromatic heterocycles. The van der Waals surface area contributed by atoms with Crippen molar-refractivity contribution in [3.8, 4) is 0 Å². The highest BCUT2D eigenvalue weighted by atomic mass is 16.2. The Labute approximate surface area is 122 Å². The molecule has 3 aromatic rings. The average molecular weight is 280 g/mol. The van der Waals surface area contributed by atoms with Crippen LogP contribution in [0.2, 0.25) is 0 Å². The van der Waals surface area contributed by atoms with E-state index in [9.17, 15) is 4.79 Å². The summed E-state index contributed by atoms with van der Waals surface area (Å²) in [6, 6.07) is 11.3. The lowest BCUT2D eigenvalue weighted by Gasteiger charge is -2.12. The third kappa shape index (κ3) is 2.50. The topological polar surface area (TPSA) is 59.8 Å². The Bertz CT molecular complexity index is 786. The van der Waals surface area contributed by atoms with E-state index in [1.165, 1.54) is 0 Å². The predicted octanol–water partition coefficient (Wildman–Crippen LogP) is 3.26. The van der Waals surface area contributed by atoms with Crippen LogP contribution in [0.25, 0.3) is 10.9 Å². The standard InChI is InChI=1S/C16H16N4O/c1-11(2)20-15(8-10-18-20)16(21)19-14-7-3-6-13-12(14)5-4-9-17-13/h3-11H,1-2H3,(H,19,21). The van der Waals surface area contributed by atoms with Crippen molar-refractivity contribution in [1.82, 2.24) is 14.8 Å². The highest BCUT2D eigenvalue weighted by molar-refractivity contribution is 6.07. The van der Waals surface area contributed by atoms with Crippen LogP contribution in [0.1, 0.15) is 30.4 Å². The molecule has 5 heteroatoms. The lowest BCUT2D eigenvalue weighted by Crippen LogP contribution is -2.19. The minimum Gasteiger partial charge on any atom is -0.320 e. The quantitative estimate of drug-likeness (QED) is 0.801. The van der Waals surface area contributed by atoms with E-state index >= 15 is 0 Å². The Kier molecular flexibility index (Phi) is 3.39. The van der Waals surface area contributed by atoms with Crippen molar-refractivity contribution in [2.24, 2.45) is 0 Å². The molecule has 5 nitrogen and oxygen atoms in total. The highest BCUT2D eigenvalue weighted by Crippen LogP contribution is 2.22. The summed E-state index contributed by atoms with van der Waals surface area (Å²) in [6.07, 6.45) is 3.38. The number of nitrogens with one attached hydrogen (secondary N) is 1. The fourth-order valence-corrected chi connectivity index (χ4v) is 2.30. The molecule has 3 rings (SSSR count). The van der Waals surface area contributed by atoms with E-state index < -0.39 is 0 Å². The number of hydrogen-bond donors (Lipinski definition) is 1. The zero-order valence-electron chi connectivity index (χ0n) is 11.9. The first-order valence-corrected chi connectivity index (χ1v) is 6.85. The highest BCUT2D eigenvalue weighted by Gasteiger charge is 2.15. The molecule has 0 fully saturated rings. The summed E-state index contributed by atoms with van der Waals surface area (Å²) in [5, 5.41) is 8.05. The van der Waals surface area contributed by atoms with Gasteiger partial charge in [0.25, 0.3) is 5.91 Å². The van der Waals surface area contributed by atoms with Crippen LogP contribution in [-0.4, -0.2) is 20.7 Å². The molecular formula is C16H16N4O. The van der Waals surface area contributed by atoms with Crippen molar-refractivity contribution in [2.45, 2.75) is 19.9 Å². The smallest absolute Gasteiger partial charge is 0.273 e. The van der Waals surface area contributed by atoms with Gasteiger partial charge in [-0.2, -0.15) is 5.10 Å². The Morgan fingerprint density at radius 2 is 2.00 bits per heavy atom. The third-order valence-corrected chi connectivity index (χ3v) is 3.29. The molecule has 21 heavy (non-hydrogen) atoms. The van der Waals surface area contributed by atoms with Gasteiger partial charge in [0.1, 0.15) is 5.69 Å². The molecule has 0 saturated heterocycles. The lowest BCUT2D eigenvalue weighted by atomic mass is 10.2. The summed E-state index contributed by atoms with van der Waals surface area (Å²) >= 11 is 0. The van der Waals surface area contributed by atoms with Crippen molar-refractivity contribution in [1.29, 1.82) is 0 Å². The fourth-order valence-electron chi connectivity index (χ4n) is 2.30. The molecule has 0 saturated carbocycles. The van der Waals surface area contributed by atoms with Gasteiger partial charge in [0, 0.05) is 23.8 Å². The molecule has 1 N–H and O–H groups in total. The Hall–Kier alpha value is -2.69. The normalized spacial score (nSPS) is 11.0. The summed E-state index contributed by atoms with van der Waals surface area (Å²) in [4.78, 5) is 16.7. The summed E-state index contributed by atoms with van der Waals surface area (Å²) in [5.41, 5.74) is 2.15. The maximum atomic E-state index is 12.5. The number of carbonyl (C=O) groups excluding carboxylic acids is 1. The predicted molar refractivity (Wildman–Crippen MR) is 82.3 cm³/mol. The Morgan fingerprint density at radius 1 is 1.14 bits per heavy atom. The number of pyridine rings is 1. The summed E-state index contributed by atoms with van der Waals surface area (Å²) < 4.78 is 1.71. The van der Waals surface area contributed by atoms with Gasteiger partial charge in [-0.05, 0) is 44.2 Å². The van der Waals surface area contributed by atoms with Crippen molar-refractivity contribution < 1.29 is 4.79 Å². The molecule has 0 aliphatic rings. The molecule has 0 atom stereocenters. The van der Waals surface area contributed by atoms with Crippen molar-refractivity contribution in [2.75, 3.05) is 5.32 Å². The molecule has 0 unspecified atom stereocenters. The molecule has 0 bridgehead atoms. The largest absolute Gasteiger partial charge is 0.320 e. The van der Waals surface area contributed by atoms with Crippen LogP contribution in [0.5, 0.6) is 0 Å². The number of benzene rings is 1. The number of fused-ring (bicyclic) bond motifs is 1. The number of aromatic nitrogens is 3. The van der Waals surface area contributed by atoms with E-state index in [0.717, 1.165) is 16.6 Å². The van der Waals surface area contributed by atoms with Gasteiger partial charge < -0.3 is 5.32 Å². The van der Waals surface area contributed by atoms with Gasteiger partial charge >= 0.3 is 0 Å². The molecule has 2 heterocycles. The van der Waals surface area contributed by atoms with E-state index in [2.05, 4.69) is 15.4 Å². The summed E-state index contributed by atoms with van der Waals surface area (Å²) in [5.74, 6) is -0.169. The van der Waals surface area contributed by atoms with Crippen LogP contribution in [0.4, 0.5) is 5.69 Å². The van der Waals surface area contributed by atoms with E-state index in [4.69, 9.17) is 0 Å². The van der Waals surface area contributed by atoms with E-state index in [0.29, 0.717) is 5.69 Å². The first kappa shape index (κ1) is 13.3. The van der Waals surface area contributed by atoms with Crippen molar-refractivity contribution in [3.05, 3.63) is 54.5 Å². The zero-order chi connectivity index (χ0) is 14.8. The number of hydrogen-bond acceptors (Lipinski definition) is 3. The van der Waals surface area contributed by atoms with Crippen LogP contribution in [-0.2, 0) is 0 Å². The Balaban J connectivity index is 1.95. The minimum atomic E-state index is -0.169. The molecule has 0 aliphatic heterocycles. The second-order valence-electron chi connectivity index (χ2n) is 5.08. The third-order valence-electron chi connectivity index (χ3n) is 3.29. The lowest BCUT2D eigenvalue weighted by molar-refractivity contribution is 0.101. The molecule has 0 radical (unpaired) electrons. The minimum absolute atomic E-state index is 0.134. The number of nitrogens with zero attached hydrogens (tertiary/aromatic N) is 3. The average Bonchev–Trinajstić information content (AvgIpc) is 2.97. The molecular weight excluding hydrogens is 264 g/mol. The molecule has 0 aliphatic carbocycles. The van der Waals surface area contributed by atoms with Gasteiger partial charge in [-0.1, -0.05) is 6.07 Å². The van der Waals surface area contributed by atoms with E-state index in [1.807, 2.05) is 44.2 Å². The molecule has 106 valence electrons. The van der Waals surface area contributed by atoms with Crippen LogP contribution < -0.4 is 5.32 Å². The monoisotopic (exact) mass is 280 g/mol. The number of rotatable bonds is 3. The first-order valence-electron chi connectivity index (χ1n) is 6.85. The van der Waals surface area contributed by atoms with Crippen LogP contribution in [0, 0.1) is 0 Å². The Morgan fingerprint density at radius 3 is 2.81 bits per heavy atom. The molecule has 0 spiro atoms. The van der Waals surface area contributed by atoms with E-state index in [1.54, 1.807) is 23.1 Å². The van der Waals surface area contributed by atoms with E-state index in [-0.39, 0.29) is 11.9 Å². The maximum Gasteiger partial charge on any atom is 0.273 e. The number of anilines is 1. The van der Waals surface area contributed by atoms with Crippen LogP contribution in [0.3, 0.4) is 0 Å². The van der Waals surface area contributed by atoms with Crippen LogP contribution >= 0.6 is 0 Å². The van der Waals surface area contributed by atoms with Crippen molar-refractivity contribution >= 4 is 22.5 Å². The van der Waals surface area contributed by atoms with Gasteiger partial charge in [0.15, 0.2) is 0 Å².